The Hall–Kier alpha value is -4.81. The molecule has 0 bridgehead atoms. The van der Waals surface area contributed by atoms with E-state index in [9.17, 15) is 14.4 Å². The van der Waals surface area contributed by atoms with Crippen molar-refractivity contribution in [1.29, 1.82) is 0 Å². The van der Waals surface area contributed by atoms with Gasteiger partial charge in [0.2, 0.25) is 5.91 Å². The number of amides is 3. The van der Waals surface area contributed by atoms with Gasteiger partial charge in [-0.1, -0.05) is 65.7 Å². The first kappa shape index (κ1) is 34.5. The number of carbonyl (C=O) groups excluding carboxylic acids is 3. The summed E-state index contributed by atoms with van der Waals surface area (Å²) in [6.07, 6.45) is 1.52. The van der Waals surface area contributed by atoms with Crippen molar-refractivity contribution in [3.05, 3.63) is 123 Å². The maximum absolute atomic E-state index is 13.6. The fourth-order valence-corrected chi connectivity index (χ4v) is 6.20. The second kappa shape index (κ2) is 16.3. The number of carbonyl (C=O) groups is 3. The van der Waals surface area contributed by atoms with Crippen LogP contribution in [-0.4, -0.2) is 42.7 Å². The van der Waals surface area contributed by atoms with Gasteiger partial charge in [0.15, 0.2) is 16.6 Å². The number of thiazole rings is 1. The van der Waals surface area contributed by atoms with Gasteiger partial charge >= 0.3 is 0 Å². The van der Waals surface area contributed by atoms with E-state index in [1.165, 1.54) is 43.4 Å². The molecule has 0 radical (unpaired) electrons. The summed E-state index contributed by atoms with van der Waals surface area (Å²) in [5.74, 6) is -0.294. The number of halogens is 2. The van der Waals surface area contributed by atoms with Crippen molar-refractivity contribution in [3.63, 3.8) is 0 Å². The maximum Gasteiger partial charge on any atom is 0.272 e. The van der Waals surface area contributed by atoms with E-state index >= 15 is 0 Å². The summed E-state index contributed by atoms with van der Waals surface area (Å²) in [7, 11) is 3.01. The van der Waals surface area contributed by atoms with Crippen molar-refractivity contribution in [3.8, 4) is 22.8 Å². The van der Waals surface area contributed by atoms with E-state index in [-0.39, 0.29) is 17.4 Å². The quantitative estimate of drug-likeness (QED) is 0.0878. The third-order valence-corrected chi connectivity index (χ3v) is 9.18. The molecule has 9 nitrogen and oxygen atoms in total. The summed E-state index contributed by atoms with van der Waals surface area (Å²) in [4.78, 5) is 44.6. The number of hydrogen-bond acceptors (Lipinski definition) is 8. The zero-order valence-electron chi connectivity index (χ0n) is 25.6. The van der Waals surface area contributed by atoms with Crippen LogP contribution >= 0.6 is 46.3 Å². The van der Waals surface area contributed by atoms with E-state index in [1.807, 2.05) is 17.5 Å². The predicted molar refractivity (Wildman–Crippen MR) is 193 cm³/mol. The minimum atomic E-state index is -0.564. The lowest BCUT2D eigenvalue weighted by atomic mass is 10.1. The number of benzene rings is 4. The average molecular weight is 720 g/mol. The summed E-state index contributed by atoms with van der Waals surface area (Å²) in [6, 6.07) is 26.1. The molecule has 3 N–H and O–H groups in total. The van der Waals surface area contributed by atoms with E-state index in [0.29, 0.717) is 49.2 Å². The van der Waals surface area contributed by atoms with E-state index in [0.717, 1.165) is 10.5 Å². The highest BCUT2D eigenvalue weighted by Crippen LogP contribution is 2.33. The van der Waals surface area contributed by atoms with E-state index in [1.54, 1.807) is 78.9 Å². The molecule has 1 aromatic heterocycles. The van der Waals surface area contributed by atoms with Crippen LogP contribution in [0.1, 0.15) is 15.9 Å². The molecule has 0 aliphatic rings. The molecule has 1 heterocycles. The van der Waals surface area contributed by atoms with Gasteiger partial charge in [-0.2, -0.15) is 0 Å². The van der Waals surface area contributed by atoms with Gasteiger partial charge in [-0.25, -0.2) is 4.98 Å². The molecule has 0 fully saturated rings. The Balaban J connectivity index is 1.27. The van der Waals surface area contributed by atoms with Crippen molar-refractivity contribution in [2.45, 2.75) is 4.90 Å². The lowest BCUT2D eigenvalue weighted by Gasteiger charge is -2.14. The summed E-state index contributed by atoms with van der Waals surface area (Å²) in [5, 5.41) is 11.5. The summed E-state index contributed by atoms with van der Waals surface area (Å²) in [6.45, 7) is 0. The minimum absolute atomic E-state index is 0.0171. The molecule has 0 aliphatic carbocycles. The second-order valence-corrected chi connectivity index (χ2v) is 12.7. The lowest BCUT2D eigenvalue weighted by Crippen LogP contribution is -2.30. The molecule has 244 valence electrons. The number of ether oxygens (including phenoxy) is 2. The van der Waals surface area contributed by atoms with E-state index in [2.05, 4.69) is 20.9 Å². The first-order valence-electron chi connectivity index (χ1n) is 14.3. The van der Waals surface area contributed by atoms with Gasteiger partial charge in [0.1, 0.15) is 5.70 Å². The number of rotatable bonds is 12. The molecule has 0 spiro atoms. The molecule has 0 saturated heterocycles. The molecule has 0 unspecified atom stereocenters. The molecule has 3 amide bonds. The first-order chi connectivity index (χ1) is 23.2. The molecule has 4 aromatic carbocycles. The van der Waals surface area contributed by atoms with Crippen molar-refractivity contribution >= 4 is 80.9 Å². The van der Waals surface area contributed by atoms with Gasteiger partial charge in [-0.15, -0.1) is 23.1 Å². The third kappa shape index (κ3) is 8.96. The van der Waals surface area contributed by atoms with Gasteiger partial charge < -0.3 is 25.4 Å². The van der Waals surface area contributed by atoms with Gasteiger partial charge in [-0.3, -0.25) is 14.4 Å². The van der Waals surface area contributed by atoms with Crippen LogP contribution in [0.5, 0.6) is 11.5 Å². The molecule has 0 atom stereocenters. The number of methoxy groups -OCH3 is 2. The Morgan fingerprint density at radius 3 is 2.42 bits per heavy atom. The Morgan fingerprint density at radius 1 is 0.875 bits per heavy atom. The number of nitrogens with zero attached hydrogens (tertiary/aromatic N) is 1. The highest BCUT2D eigenvalue weighted by atomic mass is 35.5. The van der Waals surface area contributed by atoms with Crippen molar-refractivity contribution in [2.75, 3.05) is 30.6 Å². The maximum atomic E-state index is 13.6. The highest BCUT2D eigenvalue weighted by molar-refractivity contribution is 8.00. The van der Waals surface area contributed by atoms with Crippen LogP contribution in [0.2, 0.25) is 10.0 Å². The standard InChI is InChI=1S/C35H28Cl2N4O5S2/c1-45-30-13-6-10-23(32(30)46-2)17-28(39-33(43)21-8-4-3-5-9-21)34(44)38-24-11-7-12-25(18-24)47-20-31(42)41-35-40-29(19-48-35)22-14-15-26(36)27(37)16-22/h3-19H,20H2,1-2H3,(H,38,44)(H,39,43)(H,40,41,42)/b28-17+. The molecular weight excluding hydrogens is 691 g/mol. The predicted octanol–water partition coefficient (Wildman–Crippen LogP) is 8.27. The summed E-state index contributed by atoms with van der Waals surface area (Å²) >= 11 is 14.7. The van der Waals surface area contributed by atoms with Gasteiger partial charge in [0, 0.05) is 32.7 Å². The highest BCUT2D eigenvalue weighted by Gasteiger charge is 2.18. The minimum Gasteiger partial charge on any atom is -0.493 e. The first-order valence-corrected chi connectivity index (χ1v) is 16.9. The Morgan fingerprint density at radius 2 is 1.67 bits per heavy atom. The number of thioether (sulfide) groups is 1. The number of para-hydroxylation sites is 1. The van der Waals surface area contributed by atoms with Crippen LogP contribution in [0.25, 0.3) is 17.3 Å². The smallest absolute Gasteiger partial charge is 0.272 e. The van der Waals surface area contributed by atoms with Crippen molar-refractivity contribution < 1.29 is 23.9 Å². The number of anilines is 2. The van der Waals surface area contributed by atoms with Gasteiger partial charge in [0.05, 0.1) is 35.7 Å². The molecule has 0 aliphatic heterocycles. The van der Waals surface area contributed by atoms with Crippen LogP contribution < -0.4 is 25.4 Å². The number of hydrogen-bond donors (Lipinski definition) is 3. The normalized spacial score (nSPS) is 11.0. The fraction of sp³-hybridized carbons (Fsp3) is 0.0857. The zero-order chi connectivity index (χ0) is 34.0. The van der Waals surface area contributed by atoms with Gasteiger partial charge in [-0.05, 0) is 54.6 Å². The van der Waals surface area contributed by atoms with Crippen LogP contribution in [0.15, 0.2) is 107 Å². The third-order valence-electron chi connectivity index (χ3n) is 6.69. The van der Waals surface area contributed by atoms with Crippen LogP contribution in [0, 0.1) is 0 Å². The molecule has 0 saturated carbocycles. The molecular formula is C35H28Cl2N4O5S2. The Bertz CT molecular complexity index is 1990. The molecule has 13 heteroatoms. The topological polar surface area (TPSA) is 119 Å². The van der Waals surface area contributed by atoms with Crippen LogP contribution in [-0.2, 0) is 9.59 Å². The summed E-state index contributed by atoms with van der Waals surface area (Å²) in [5.41, 5.74) is 2.81. The molecule has 5 rings (SSSR count). The fourth-order valence-electron chi connectivity index (χ4n) is 4.41. The molecule has 48 heavy (non-hydrogen) atoms. The second-order valence-electron chi connectivity index (χ2n) is 9.95. The van der Waals surface area contributed by atoms with E-state index in [4.69, 9.17) is 32.7 Å². The van der Waals surface area contributed by atoms with Crippen LogP contribution in [0.4, 0.5) is 10.8 Å². The van der Waals surface area contributed by atoms with Crippen LogP contribution in [0.3, 0.4) is 0 Å². The monoisotopic (exact) mass is 718 g/mol. The Kier molecular flexibility index (Phi) is 11.8. The van der Waals surface area contributed by atoms with Gasteiger partial charge in [0.25, 0.3) is 11.8 Å². The van der Waals surface area contributed by atoms with Crippen molar-refractivity contribution in [1.82, 2.24) is 10.3 Å². The molecule has 5 aromatic rings. The Labute approximate surface area is 295 Å². The zero-order valence-corrected chi connectivity index (χ0v) is 28.7. The number of aromatic nitrogens is 1. The SMILES string of the molecule is COc1cccc(/C=C(/NC(=O)c2ccccc2)C(=O)Nc2cccc(SCC(=O)Nc3nc(-c4ccc(Cl)c(Cl)c4)cs3)c2)c1OC. The van der Waals surface area contributed by atoms with Crippen molar-refractivity contribution in [2.24, 2.45) is 0 Å². The lowest BCUT2D eigenvalue weighted by molar-refractivity contribution is -0.114. The number of nitrogens with one attached hydrogen (secondary N) is 3. The largest absolute Gasteiger partial charge is 0.493 e. The summed E-state index contributed by atoms with van der Waals surface area (Å²) < 4.78 is 10.9. The average Bonchev–Trinajstić information content (AvgIpc) is 3.56. The van der Waals surface area contributed by atoms with E-state index < -0.39 is 11.8 Å².